The van der Waals surface area contributed by atoms with Crippen LogP contribution in [0.3, 0.4) is 0 Å². The molecule has 0 spiro atoms. The molecule has 3 rings (SSSR count). The molecule has 1 nitrogen and oxygen atoms in total. The monoisotopic (exact) mass is 315 g/mol. The third-order valence-electron chi connectivity index (χ3n) is 3.91. The third-order valence-corrected chi connectivity index (χ3v) is 4.37. The Hall–Kier alpha value is -1.12. The van der Waals surface area contributed by atoms with E-state index >= 15 is 0 Å². The molecule has 0 saturated carbocycles. The summed E-state index contributed by atoms with van der Waals surface area (Å²) >= 11 is 3.66. The first-order chi connectivity index (χ1) is 9.28. The van der Waals surface area contributed by atoms with Crippen molar-refractivity contribution in [3.05, 3.63) is 58.1 Å². The molecule has 1 heterocycles. The zero-order chi connectivity index (χ0) is 13.2. The van der Waals surface area contributed by atoms with Crippen LogP contribution < -0.4 is 0 Å². The number of halogens is 1. The highest BCUT2D eigenvalue weighted by atomic mass is 79.9. The molecule has 2 aromatic rings. The topological polar surface area (TPSA) is 3.24 Å². The SMILES string of the molecule is CCN1CCc2c(cc(Br)cc2-c2ccccc2)C1. The summed E-state index contributed by atoms with van der Waals surface area (Å²) in [6.45, 7) is 5.61. The van der Waals surface area contributed by atoms with Crippen molar-refractivity contribution in [2.24, 2.45) is 0 Å². The maximum absolute atomic E-state index is 3.66. The third kappa shape index (κ3) is 2.60. The van der Waals surface area contributed by atoms with E-state index < -0.39 is 0 Å². The van der Waals surface area contributed by atoms with Gasteiger partial charge in [-0.15, -0.1) is 0 Å². The van der Waals surface area contributed by atoms with Crippen molar-refractivity contribution in [3.8, 4) is 11.1 Å². The van der Waals surface area contributed by atoms with Crippen LogP contribution in [-0.4, -0.2) is 18.0 Å². The molecule has 98 valence electrons. The quantitative estimate of drug-likeness (QED) is 0.789. The average Bonchev–Trinajstić information content (AvgIpc) is 2.46. The summed E-state index contributed by atoms with van der Waals surface area (Å²) in [4.78, 5) is 2.50. The van der Waals surface area contributed by atoms with E-state index in [1.807, 2.05) is 0 Å². The minimum atomic E-state index is 1.07. The molecule has 0 fully saturated rings. The molecule has 0 aliphatic carbocycles. The van der Waals surface area contributed by atoms with Gasteiger partial charge in [0.1, 0.15) is 0 Å². The lowest BCUT2D eigenvalue weighted by atomic mass is 9.91. The number of likely N-dealkylation sites (N-methyl/N-ethyl adjacent to an activating group) is 1. The van der Waals surface area contributed by atoms with Crippen LogP contribution in [0, 0.1) is 0 Å². The summed E-state index contributed by atoms with van der Waals surface area (Å²) < 4.78 is 1.18. The maximum atomic E-state index is 3.66. The van der Waals surface area contributed by atoms with Gasteiger partial charge in [0.15, 0.2) is 0 Å². The molecule has 0 unspecified atom stereocenters. The zero-order valence-corrected chi connectivity index (χ0v) is 12.8. The summed E-state index contributed by atoms with van der Waals surface area (Å²) in [5, 5.41) is 0. The number of hydrogen-bond acceptors (Lipinski definition) is 1. The number of fused-ring (bicyclic) bond motifs is 1. The van der Waals surface area contributed by atoms with E-state index in [1.165, 1.54) is 33.3 Å². The van der Waals surface area contributed by atoms with E-state index in [1.54, 1.807) is 0 Å². The minimum Gasteiger partial charge on any atom is -0.299 e. The van der Waals surface area contributed by atoms with E-state index in [9.17, 15) is 0 Å². The van der Waals surface area contributed by atoms with Gasteiger partial charge in [0.25, 0.3) is 0 Å². The maximum Gasteiger partial charge on any atom is 0.0237 e. The van der Waals surface area contributed by atoms with Crippen LogP contribution in [-0.2, 0) is 13.0 Å². The summed E-state index contributed by atoms with van der Waals surface area (Å²) in [6.07, 6.45) is 1.15. The van der Waals surface area contributed by atoms with Gasteiger partial charge < -0.3 is 0 Å². The molecule has 1 aliphatic rings. The van der Waals surface area contributed by atoms with E-state index in [2.05, 4.69) is 70.2 Å². The summed E-state index contributed by atoms with van der Waals surface area (Å²) in [5.74, 6) is 0. The fraction of sp³-hybridized carbons (Fsp3) is 0.294. The fourth-order valence-electron chi connectivity index (χ4n) is 2.86. The second-order valence-electron chi connectivity index (χ2n) is 5.08. The van der Waals surface area contributed by atoms with Gasteiger partial charge in [0.2, 0.25) is 0 Å². The molecule has 2 heteroatoms. The number of hydrogen-bond donors (Lipinski definition) is 0. The van der Waals surface area contributed by atoms with Gasteiger partial charge in [-0.3, -0.25) is 4.90 Å². The van der Waals surface area contributed by atoms with Gasteiger partial charge in [-0.2, -0.15) is 0 Å². The Kier molecular flexibility index (Phi) is 3.72. The lowest BCUT2D eigenvalue weighted by molar-refractivity contribution is 0.268. The van der Waals surface area contributed by atoms with E-state index in [-0.39, 0.29) is 0 Å². The minimum absolute atomic E-state index is 1.07. The first-order valence-corrected chi connectivity index (χ1v) is 7.66. The molecule has 1 aliphatic heterocycles. The Morgan fingerprint density at radius 3 is 2.68 bits per heavy atom. The highest BCUT2D eigenvalue weighted by Gasteiger charge is 2.19. The van der Waals surface area contributed by atoms with Crippen LogP contribution in [0.4, 0.5) is 0 Å². The van der Waals surface area contributed by atoms with Crippen molar-refractivity contribution in [1.82, 2.24) is 4.90 Å². The molecule has 0 aromatic heterocycles. The Morgan fingerprint density at radius 1 is 1.16 bits per heavy atom. The van der Waals surface area contributed by atoms with Crippen LogP contribution in [0.2, 0.25) is 0 Å². The smallest absolute Gasteiger partial charge is 0.0237 e. The van der Waals surface area contributed by atoms with Crippen molar-refractivity contribution in [2.75, 3.05) is 13.1 Å². The predicted molar refractivity (Wildman–Crippen MR) is 84.2 cm³/mol. The molecule has 2 aromatic carbocycles. The van der Waals surface area contributed by atoms with Crippen molar-refractivity contribution in [2.45, 2.75) is 19.9 Å². The van der Waals surface area contributed by atoms with Crippen molar-refractivity contribution < 1.29 is 0 Å². The van der Waals surface area contributed by atoms with Crippen LogP contribution in [0.5, 0.6) is 0 Å². The molecule has 0 N–H and O–H groups in total. The zero-order valence-electron chi connectivity index (χ0n) is 11.2. The van der Waals surface area contributed by atoms with Crippen LogP contribution in [0.1, 0.15) is 18.1 Å². The highest BCUT2D eigenvalue weighted by Crippen LogP contribution is 2.33. The molecule has 0 amide bonds. The average molecular weight is 316 g/mol. The Morgan fingerprint density at radius 2 is 1.95 bits per heavy atom. The number of nitrogens with zero attached hydrogens (tertiary/aromatic N) is 1. The first-order valence-electron chi connectivity index (χ1n) is 6.87. The molecular formula is C17H18BrN. The van der Waals surface area contributed by atoms with E-state index in [0.717, 1.165) is 19.5 Å². The van der Waals surface area contributed by atoms with Crippen molar-refractivity contribution in [1.29, 1.82) is 0 Å². The highest BCUT2D eigenvalue weighted by molar-refractivity contribution is 9.10. The molecular weight excluding hydrogens is 298 g/mol. The fourth-order valence-corrected chi connectivity index (χ4v) is 3.37. The van der Waals surface area contributed by atoms with E-state index in [4.69, 9.17) is 0 Å². The van der Waals surface area contributed by atoms with Crippen LogP contribution in [0.15, 0.2) is 46.9 Å². The summed E-state index contributed by atoms with van der Waals surface area (Å²) in [6, 6.07) is 15.3. The second-order valence-corrected chi connectivity index (χ2v) is 5.99. The molecule has 0 atom stereocenters. The number of benzene rings is 2. The molecule has 0 radical (unpaired) electrons. The first kappa shape index (κ1) is 12.9. The Bertz CT molecular complexity index is 577. The van der Waals surface area contributed by atoms with E-state index in [0.29, 0.717) is 0 Å². The summed E-state index contributed by atoms with van der Waals surface area (Å²) in [5.41, 5.74) is 5.71. The van der Waals surface area contributed by atoms with Crippen LogP contribution >= 0.6 is 15.9 Å². The summed E-state index contributed by atoms with van der Waals surface area (Å²) in [7, 11) is 0. The molecule has 0 bridgehead atoms. The molecule has 19 heavy (non-hydrogen) atoms. The van der Waals surface area contributed by atoms with Gasteiger partial charge in [0.05, 0.1) is 0 Å². The van der Waals surface area contributed by atoms with Crippen LogP contribution in [0.25, 0.3) is 11.1 Å². The Balaban J connectivity index is 2.09. The van der Waals surface area contributed by atoms with Gasteiger partial charge in [-0.25, -0.2) is 0 Å². The van der Waals surface area contributed by atoms with Gasteiger partial charge in [0, 0.05) is 17.6 Å². The standard InChI is InChI=1S/C17H18BrN/c1-2-19-9-8-16-14(12-19)10-15(18)11-17(16)13-6-4-3-5-7-13/h3-7,10-11H,2,8-9,12H2,1H3. The van der Waals surface area contributed by atoms with Crippen molar-refractivity contribution >= 4 is 15.9 Å². The van der Waals surface area contributed by atoms with Gasteiger partial charge >= 0.3 is 0 Å². The predicted octanol–water partition coefficient (Wildman–Crippen LogP) is 4.49. The second kappa shape index (κ2) is 5.48. The Labute approximate surface area is 123 Å². The largest absolute Gasteiger partial charge is 0.299 e. The normalized spacial score (nSPS) is 15.3. The lowest BCUT2D eigenvalue weighted by Crippen LogP contribution is -2.30. The molecule has 0 saturated heterocycles. The van der Waals surface area contributed by atoms with Crippen molar-refractivity contribution in [3.63, 3.8) is 0 Å². The lowest BCUT2D eigenvalue weighted by Gasteiger charge is -2.29. The van der Waals surface area contributed by atoms with Gasteiger partial charge in [-0.05, 0) is 47.4 Å². The van der Waals surface area contributed by atoms with Gasteiger partial charge in [-0.1, -0.05) is 53.2 Å². The number of rotatable bonds is 2.